The molecule has 2 heterocycles. The molecule has 0 bridgehead atoms. The molecule has 0 aromatic heterocycles. The van der Waals surface area contributed by atoms with Crippen LogP contribution in [0.1, 0.15) is 36.0 Å². The molecule has 16 heteroatoms. The van der Waals surface area contributed by atoms with E-state index in [0.29, 0.717) is 6.07 Å². The molecule has 3 unspecified atom stereocenters. The van der Waals surface area contributed by atoms with Gasteiger partial charge in [0, 0.05) is 30.6 Å². The predicted molar refractivity (Wildman–Crippen MR) is 137 cm³/mol. The predicted octanol–water partition coefficient (Wildman–Crippen LogP) is 4.44. The number of rotatable bonds is 4. The highest BCUT2D eigenvalue weighted by atomic mass is 35.5. The molecule has 5 rings (SSSR count). The molecule has 1 N–H and O–H groups in total. The summed E-state index contributed by atoms with van der Waals surface area (Å²) in [5, 5.41) is 10.2. The van der Waals surface area contributed by atoms with Crippen molar-refractivity contribution in [1.29, 1.82) is 0 Å². The van der Waals surface area contributed by atoms with Crippen LogP contribution in [0.3, 0.4) is 0 Å². The molecule has 234 valence electrons. The second-order valence-electron chi connectivity index (χ2n) is 10.9. The summed E-state index contributed by atoms with van der Waals surface area (Å²) in [7, 11) is -3.24. The molecule has 7 nitrogen and oxygen atoms in total. The standard InChI is InChI=1S/C27H24ClF7N2O5S/c1-36-19(13-20(38)23(36)40)22(39)37-11-10-24(43(41,42)17-6-4-16(28)5-7-17)18-8-3-15(12-14(18)2-9-21(24)37)25(29,26(30,31)32)27(33,34)35/h3-8,12,19-21,38H,2,9-11,13H2,1H3/t19-,20?,21?,24?/m0/s1. The van der Waals surface area contributed by atoms with Crippen LogP contribution in [0.25, 0.3) is 0 Å². The van der Waals surface area contributed by atoms with E-state index < -0.39 is 68.2 Å². The zero-order valence-electron chi connectivity index (χ0n) is 22.2. The molecule has 2 saturated heterocycles. The first-order valence-corrected chi connectivity index (χ1v) is 14.9. The molecule has 2 fully saturated rings. The van der Waals surface area contributed by atoms with Crippen LogP contribution in [0, 0.1) is 0 Å². The summed E-state index contributed by atoms with van der Waals surface area (Å²) in [5.41, 5.74) is -7.85. The van der Waals surface area contributed by atoms with Crippen LogP contribution < -0.4 is 0 Å². The number of aliphatic hydroxyl groups is 1. The highest BCUT2D eigenvalue weighted by molar-refractivity contribution is 7.92. The molecular formula is C27H24ClF7N2O5S. The molecule has 1 aliphatic carbocycles. The number of hydrogen-bond donors (Lipinski definition) is 1. The maximum Gasteiger partial charge on any atom is 0.435 e. The Morgan fingerprint density at radius 3 is 2.16 bits per heavy atom. The van der Waals surface area contributed by atoms with E-state index >= 15 is 0 Å². The number of aryl methyl sites for hydroxylation is 1. The zero-order valence-corrected chi connectivity index (χ0v) is 23.8. The van der Waals surface area contributed by atoms with E-state index in [4.69, 9.17) is 11.6 Å². The molecule has 3 aliphatic rings. The Morgan fingerprint density at radius 1 is 1.02 bits per heavy atom. The van der Waals surface area contributed by atoms with Gasteiger partial charge in [-0.2, -0.15) is 26.3 Å². The number of nitrogens with zero attached hydrogens (tertiary/aromatic N) is 2. The summed E-state index contributed by atoms with van der Waals surface area (Å²) < 4.78 is 123. The van der Waals surface area contributed by atoms with Crippen molar-refractivity contribution in [3.05, 3.63) is 64.2 Å². The molecule has 2 aromatic rings. The van der Waals surface area contributed by atoms with Crippen LogP contribution in [-0.2, 0) is 36.3 Å². The molecule has 0 spiro atoms. The highest BCUT2D eigenvalue weighted by Crippen LogP contribution is 2.57. The van der Waals surface area contributed by atoms with E-state index in [1.165, 1.54) is 36.2 Å². The van der Waals surface area contributed by atoms with E-state index in [2.05, 4.69) is 0 Å². The number of carbonyl (C=O) groups is 2. The maximum absolute atomic E-state index is 15.0. The number of benzene rings is 2. The summed E-state index contributed by atoms with van der Waals surface area (Å²) in [6.07, 6.45) is -15.2. The molecule has 43 heavy (non-hydrogen) atoms. The van der Waals surface area contributed by atoms with Crippen molar-refractivity contribution in [2.75, 3.05) is 13.6 Å². The SMILES string of the molecule is CN1C(=O)C(O)C[C@H]1C(=O)N1CCC2(S(=O)(=O)c3ccc(Cl)cc3)c3ccc(C(F)(C(F)(F)F)C(F)(F)F)cc3CCC12. The first-order valence-electron chi connectivity index (χ1n) is 13.0. The van der Waals surface area contributed by atoms with Crippen LogP contribution in [0.2, 0.25) is 5.02 Å². The number of likely N-dealkylation sites (tertiary alicyclic amines) is 2. The van der Waals surface area contributed by atoms with Crippen molar-refractivity contribution >= 4 is 33.3 Å². The van der Waals surface area contributed by atoms with Gasteiger partial charge in [0.25, 0.3) is 5.91 Å². The largest absolute Gasteiger partial charge is 0.435 e. The third-order valence-corrected chi connectivity index (χ3v) is 11.6. The zero-order chi connectivity index (χ0) is 31.9. The van der Waals surface area contributed by atoms with Gasteiger partial charge in [0.2, 0.25) is 5.91 Å². The van der Waals surface area contributed by atoms with Gasteiger partial charge in [-0.25, -0.2) is 12.8 Å². The van der Waals surface area contributed by atoms with E-state index in [1.807, 2.05) is 0 Å². The Kier molecular flexibility index (Phi) is 7.37. The smallest absolute Gasteiger partial charge is 0.383 e. The average molecular weight is 657 g/mol. The lowest BCUT2D eigenvalue weighted by atomic mass is 9.76. The quantitative estimate of drug-likeness (QED) is 0.492. The number of amides is 2. The van der Waals surface area contributed by atoms with Gasteiger partial charge in [0.05, 0.1) is 10.9 Å². The monoisotopic (exact) mass is 656 g/mol. The molecular weight excluding hydrogens is 633 g/mol. The highest BCUT2D eigenvalue weighted by Gasteiger charge is 2.74. The van der Waals surface area contributed by atoms with Gasteiger partial charge < -0.3 is 14.9 Å². The number of fused-ring (bicyclic) bond motifs is 3. The first-order chi connectivity index (χ1) is 19.8. The number of alkyl halides is 7. The summed E-state index contributed by atoms with van der Waals surface area (Å²) in [5.74, 6) is -1.37. The third kappa shape index (κ3) is 4.44. The lowest BCUT2D eigenvalue weighted by Crippen LogP contribution is -2.55. The third-order valence-electron chi connectivity index (χ3n) is 8.78. The Balaban J connectivity index is 1.68. The van der Waals surface area contributed by atoms with E-state index in [1.54, 1.807) is 0 Å². The van der Waals surface area contributed by atoms with Gasteiger partial charge in [0.1, 0.15) is 16.9 Å². The minimum Gasteiger partial charge on any atom is -0.383 e. The van der Waals surface area contributed by atoms with Crippen LogP contribution >= 0.6 is 11.6 Å². The van der Waals surface area contributed by atoms with Crippen LogP contribution in [-0.4, -0.2) is 79.3 Å². The Hall–Kier alpha value is -2.91. The fourth-order valence-electron chi connectivity index (χ4n) is 6.63. The second-order valence-corrected chi connectivity index (χ2v) is 13.6. The topological polar surface area (TPSA) is 95.0 Å². The number of sulfone groups is 1. The Bertz CT molecular complexity index is 1570. The van der Waals surface area contributed by atoms with Crippen LogP contribution in [0.5, 0.6) is 0 Å². The van der Waals surface area contributed by atoms with Crippen LogP contribution in [0.4, 0.5) is 30.7 Å². The summed E-state index contributed by atoms with van der Waals surface area (Å²) in [6, 6.07) is 4.13. The van der Waals surface area contributed by atoms with E-state index in [-0.39, 0.29) is 59.3 Å². The van der Waals surface area contributed by atoms with Gasteiger partial charge in [-0.1, -0.05) is 29.8 Å². The minimum absolute atomic E-state index is 0.152. The van der Waals surface area contributed by atoms with Crippen molar-refractivity contribution in [3.8, 4) is 0 Å². The lowest BCUT2D eigenvalue weighted by molar-refractivity contribution is -0.348. The lowest BCUT2D eigenvalue weighted by Gasteiger charge is -2.43. The van der Waals surface area contributed by atoms with Crippen LogP contribution in [0.15, 0.2) is 47.4 Å². The molecule has 2 aliphatic heterocycles. The number of likely N-dealkylation sites (N-methyl/N-ethyl adjacent to an activating group) is 1. The Morgan fingerprint density at radius 2 is 1.63 bits per heavy atom. The summed E-state index contributed by atoms with van der Waals surface area (Å²) in [4.78, 5) is 27.9. The normalized spacial score (nSPS) is 26.5. The van der Waals surface area contributed by atoms with Gasteiger partial charge >= 0.3 is 18.0 Å². The van der Waals surface area contributed by atoms with Crippen molar-refractivity contribution in [1.82, 2.24) is 9.80 Å². The summed E-state index contributed by atoms with van der Waals surface area (Å²) >= 11 is 5.93. The number of aliphatic hydroxyl groups excluding tert-OH is 1. The molecule has 0 saturated carbocycles. The maximum atomic E-state index is 15.0. The van der Waals surface area contributed by atoms with Gasteiger partial charge in [-0.15, -0.1) is 0 Å². The van der Waals surface area contributed by atoms with E-state index in [0.717, 1.165) is 11.0 Å². The first kappa shape index (κ1) is 31.5. The molecule has 2 amide bonds. The van der Waals surface area contributed by atoms with Crippen molar-refractivity contribution in [2.45, 2.75) is 71.5 Å². The number of hydrogen-bond acceptors (Lipinski definition) is 5. The molecule has 4 atom stereocenters. The fourth-order valence-corrected chi connectivity index (χ4v) is 9.13. The fraction of sp³-hybridized carbons (Fsp3) is 0.481. The van der Waals surface area contributed by atoms with Crippen molar-refractivity contribution in [3.63, 3.8) is 0 Å². The molecule has 0 radical (unpaired) electrons. The molecule has 2 aromatic carbocycles. The summed E-state index contributed by atoms with van der Waals surface area (Å²) in [6.45, 7) is -0.190. The Labute approximate surface area is 246 Å². The van der Waals surface area contributed by atoms with Crippen molar-refractivity contribution < 1.29 is 53.8 Å². The number of carbonyl (C=O) groups excluding carboxylic acids is 2. The van der Waals surface area contributed by atoms with Crippen molar-refractivity contribution in [2.24, 2.45) is 0 Å². The minimum atomic E-state index is -6.37. The number of halogens is 8. The van der Waals surface area contributed by atoms with Gasteiger partial charge in [-0.3, -0.25) is 9.59 Å². The van der Waals surface area contributed by atoms with Gasteiger partial charge in [-0.05, 0) is 54.7 Å². The second kappa shape index (κ2) is 10.1. The van der Waals surface area contributed by atoms with Gasteiger partial charge in [0.15, 0.2) is 9.84 Å². The van der Waals surface area contributed by atoms with E-state index in [9.17, 15) is 53.8 Å². The average Bonchev–Trinajstić information content (AvgIpc) is 3.45.